The SMILES string of the molecule is CCOC(=O)C1CCCCN1C(C)=O. The summed E-state index contributed by atoms with van der Waals surface area (Å²) in [5, 5.41) is 0. The highest BCUT2D eigenvalue weighted by molar-refractivity contribution is 5.83. The van der Waals surface area contributed by atoms with Crippen LogP contribution in [0.5, 0.6) is 0 Å². The summed E-state index contributed by atoms with van der Waals surface area (Å²) in [4.78, 5) is 24.3. The van der Waals surface area contributed by atoms with Gasteiger partial charge in [-0.25, -0.2) is 4.79 Å². The zero-order chi connectivity index (χ0) is 10.6. The van der Waals surface area contributed by atoms with E-state index in [1.807, 2.05) is 0 Å². The number of nitrogens with zero attached hydrogens (tertiary/aromatic N) is 1. The molecule has 0 radical (unpaired) electrons. The lowest BCUT2D eigenvalue weighted by Gasteiger charge is -2.33. The lowest BCUT2D eigenvalue weighted by molar-refractivity contribution is -0.155. The van der Waals surface area contributed by atoms with Crippen molar-refractivity contribution in [1.82, 2.24) is 4.90 Å². The zero-order valence-corrected chi connectivity index (χ0v) is 8.78. The van der Waals surface area contributed by atoms with E-state index in [9.17, 15) is 9.59 Å². The average Bonchev–Trinajstić information content (AvgIpc) is 2.18. The molecule has 1 fully saturated rings. The molecule has 0 N–H and O–H groups in total. The topological polar surface area (TPSA) is 46.6 Å². The Morgan fingerprint density at radius 2 is 2.14 bits per heavy atom. The molecule has 1 aliphatic rings. The molecular weight excluding hydrogens is 182 g/mol. The molecule has 1 atom stereocenters. The van der Waals surface area contributed by atoms with E-state index in [0.29, 0.717) is 13.2 Å². The van der Waals surface area contributed by atoms with E-state index >= 15 is 0 Å². The van der Waals surface area contributed by atoms with Crippen molar-refractivity contribution in [2.45, 2.75) is 39.2 Å². The van der Waals surface area contributed by atoms with Crippen molar-refractivity contribution < 1.29 is 14.3 Å². The minimum Gasteiger partial charge on any atom is -0.464 e. The van der Waals surface area contributed by atoms with Gasteiger partial charge in [0.05, 0.1) is 6.61 Å². The van der Waals surface area contributed by atoms with Crippen LogP contribution in [0.25, 0.3) is 0 Å². The second-order valence-electron chi connectivity index (χ2n) is 3.48. The molecule has 0 aromatic rings. The van der Waals surface area contributed by atoms with E-state index in [1.54, 1.807) is 11.8 Å². The highest BCUT2D eigenvalue weighted by Gasteiger charge is 2.31. The van der Waals surface area contributed by atoms with Gasteiger partial charge in [-0.2, -0.15) is 0 Å². The second kappa shape index (κ2) is 4.98. The first-order valence-corrected chi connectivity index (χ1v) is 5.10. The van der Waals surface area contributed by atoms with Gasteiger partial charge in [0.15, 0.2) is 0 Å². The summed E-state index contributed by atoms with van der Waals surface area (Å²) in [5.74, 6) is -0.301. The smallest absolute Gasteiger partial charge is 0.328 e. The molecular formula is C10H17NO3. The third kappa shape index (κ3) is 2.47. The van der Waals surface area contributed by atoms with Crippen LogP contribution in [0.15, 0.2) is 0 Å². The maximum absolute atomic E-state index is 11.5. The van der Waals surface area contributed by atoms with E-state index in [0.717, 1.165) is 19.3 Å². The highest BCUT2D eigenvalue weighted by Crippen LogP contribution is 2.18. The molecule has 4 nitrogen and oxygen atoms in total. The molecule has 14 heavy (non-hydrogen) atoms. The van der Waals surface area contributed by atoms with Gasteiger partial charge in [0.2, 0.25) is 5.91 Å². The van der Waals surface area contributed by atoms with Gasteiger partial charge in [-0.15, -0.1) is 0 Å². The number of carbonyl (C=O) groups excluding carboxylic acids is 2. The third-order valence-electron chi connectivity index (χ3n) is 2.47. The normalized spacial score (nSPS) is 21.9. The van der Waals surface area contributed by atoms with Gasteiger partial charge in [-0.1, -0.05) is 0 Å². The van der Waals surface area contributed by atoms with Crippen LogP contribution in [0.4, 0.5) is 0 Å². The summed E-state index contributed by atoms with van der Waals surface area (Å²) in [6.45, 7) is 4.33. The Balaban J connectivity index is 2.62. The van der Waals surface area contributed by atoms with Crippen molar-refractivity contribution in [3.05, 3.63) is 0 Å². The molecule has 1 saturated heterocycles. The van der Waals surface area contributed by atoms with Crippen molar-refractivity contribution >= 4 is 11.9 Å². The fourth-order valence-electron chi connectivity index (χ4n) is 1.79. The predicted molar refractivity (Wildman–Crippen MR) is 51.7 cm³/mol. The lowest BCUT2D eigenvalue weighted by atomic mass is 10.0. The van der Waals surface area contributed by atoms with Gasteiger partial charge in [0.25, 0.3) is 0 Å². The molecule has 1 heterocycles. The van der Waals surface area contributed by atoms with Crippen molar-refractivity contribution in [3.8, 4) is 0 Å². The first-order valence-electron chi connectivity index (χ1n) is 5.10. The van der Waals surface area contributed by atoms with Gasteiger partial charge < -0.3 is 9.64 Å². The Hall–Kier alpha value is -1.06. The zero-order valence-electron chi connectivity index (χ0n) is 8.78. The Bertz CT molecular complexity index is 227. The van der Waals surface area contributed by atoms with Crippen LogP contribution in [0.3, 0.4) is 0 Å². The number of likely N-dealkylation sites (tertiary alicyclic amines) is 1. The first kappa shape index (κ1) is 11.0. The number of ether oxygens (including phenoxy) is 1. The molecule has 80 valence electrons. The molecule has 0 spiro atoms. The Morgan fingerprint density at radius 3 is 2.71 bits per heavy atom. The summed E-state index contributed by atoms with van der Waals surface area (Å²) in [6, 6.07) is -0.346. The number of hydrogen-bond donors (Lipinski definition) is 0. The number of carbonyl (C=O) groups is 2. The van der Waals surface area contributed by atoms with Crippen LogP contribution < -0.4 is 0 Å². The van der Waals surface area contributed by atoms with Crippen molar-refractivity contribution in [3.63, 3.8) is 0 Å². The number of hydrogen-bond acceptors (Lipinski definition) is 3. The predicted octanol–water partition coefficient (Wildman–Crippen LogP) is 0.950. The summed E-state index contributed by atoms with van der Waals surface area (Å²) < 4.78 is 4.93. The van der Waals surface area contributed by atoms with Crippen molar-refractivity contribution in [2.75, 3.05) is 13.2 Å². The number of rotatable bonds is 2. The lowest BCUT2D eigenvalue weighted by Crippen LogP contribution is -2.47. The van der Waals surface area contributed by atoms with Crippen LogP contribution in [-0.2, 0) is 14.3 Å². The number of piperidine rings is 1. The van der Waals surface area contributed by atoms with Crippen LogP contribution in [0.1, 0.15) is 33.1 Å². The average molecular weight is 199 g/mol. The Labute approximate surface area is 84.2 Å². The number of amides is 1. The molecule has 0 aliphatic carbocycles. The van der Waals surface area contributed by atoms with Gasteiger partial charge in [0, 0.05) is 13.5 Å². The van der Waals surface area contributed by atoms with Crippen molar-refractivity contribution in [2.24, 2.45) is 0 Å². The van der Waals surface area contributed by atoms with E-state index in [1.165, 1.54) is 6.92 Å². The van der Waals surface area contributed by atoms with Gasteiger partial charge in [-0.05, 0) is 26.2 Å². The molecule has 0 aromatic heterocycles. The van der Waals surface area contributed by atoms with E-state index in [2.05, 4.69) is 0 Å². The molecule has 0 saturated carbocycles. The quantitative estimate of drug-likeness (QED) is 0.622. The second-order valence-corrected chi connectivity index (χ2v) is 3.48. The van der Waals surface area contributed by atoms with Crippen LogP contribution in [0, 0.1) is 0 Å². The maximum Gasteiger partial charge on any atom is 0.328 e. The fraction of sp³-hybridized carbons (Fsp3) is 0.800. The molecule has 1 rings (SSSR count). The van der Waals surface area contributed by atoms with Crippen molar-refractivity contribution in [1.29, 1.82) is 0 Å². The van der Waals surface area contributed by atoms with Gasteiger partial charge in [-0.3, -0.25) is 4.79 Å². The Morgan fingerprint density at radius 1 is 1.43 bits per heavy atom. The summed E-state index contributed by atoms with van der Waals surface area (Å²) in [7, 11) is 0. The molecule has 4 heteroatoms. The summed E-state index contributed by atoms with van der Waals surface area (Å²) in [5.41, 5.74) is 0. The maximum atomic E-state index is 11.5. The van der Waals surface area contributed by atoms with Gasteiger partial charge >= 0.3 is 5.97 Å². The van der Waals surface area contributed by atoms with E-state index in [4.69, 9.17) is 4.74 Å². The summed E-state index contributed by atoms with van der Waals surface area (Å²) in [6.07, 6.45) is 2.71. The highest BCUT2D eigenvalue weighted by atomic mass is 16.5. The minimum atomic E-state index is -0.346. The molecule has 1 amide bonds. The molecule has 0 aromatic carbocycles. The fourth-order valence-corrected chi connectivity index (χ4v) is 1.79. The van der Waals surface area contributed by atoms with Crippen LogP contribution in [0.2, 0.25) is 0 Å². The van der Waals surface area contributed by atoms with Gasteiger partial charge in [0.1, 0.15) is 6.04 Å². The van der Waals surface area contributed by atoms with E-state index < -0.39 is 0 Å². The molecule has 0 bridgehead atoms. The Kier molecular flexibility index (Phi) is 3.92. The summed E-state index contributed by atoms with van der Waals surface area (Å²) >= 11 is 0. The molecule has 1 aliphatic heterocycles. The number of esters is 1. The molecule has 1 unspecified atom stereocenters. The van der Waals surface area contributed by atoms with E-state index in [-0.39, 0.29) is 17.9 Å². The standard InChI is InChI=1S/C10H17NO3/c1-3-14-10(13)9-6-4-5-7-11(9)8(2)12/h9H,3-7H2,1-2H3. The largest absolute Gasteiger partial charge is 0.464 e. The monoisotopic (exact) mass is 199 g/mol. The van der Waals surface area contributed by atoms with Crippen LogP contribution >= 0.6 is 0 Å². The first-order chi connectivity index (χ1) is 6.66. The minimum absolute atomic E-state index is 0.0391. The third-order valence-corrected chi connectivity index (χ3v) is 2.47. The van der Waals surface area contributed by atoms with Crippen LogP contribution in [-0.4, -0.2) is 36.0 Å².